The number of hydrogen-bond acceptors (Lipinski definition) is 2. The van der Waals surface area contributed by atoms with Crippen LogP contribution in [0.25, 0.3) is 0 Å². The molecule has 0 bridgehead atoms. The molecular weight excluding hydrogens is 245 g/mol. The molecule has 1 saturated carbocycles. The van der Waals surface area contributed by atoms with Crippen molar-refractivity contribution in [3.8, 4) is 0 Å². The minimum Gasteiger partial charge on any atom is -0.235 e. The Labute approximate surface area is 95.6 Å². The van der Waals surface area contributed by atoms with Gasteiger partial charge in [0.25, 0.3) is 6.43 Å². The minimum absolute atomic E-state index is 0.0344. The molecule has 0 spiro atoms. The van der Waals surface area contributed by atoms with Gasteiger partial charge in [0.05, 0.1) is 5.38 Å². The van der Waals surface area contributed by atoms with Crippen molar-refractivity contribution in [1.29, 1.82) is 0 Å². The van der Waals surface area contributed by atoms with E-state index in [-0.39, 0.29) is 10.5 Å². The quantitative estimate of drug-likeness (QED) is 0.605. The van der Waals surface area contributed by atoms with Gasteiger partial charge >= 0.3 is 0 Å². The average Bonchev–Trinajstić information content (AvgIpc) is 2.99. The highest BCUT2D eigenvalue weighted by Gasteiger charge is 2.32. The van der Waals surface area contributed by atoms with Crippen LogP contribution in [0.15, 0.2) is 6.20 Å². The van der Waals surface area contributed by atoms with Gasteiger partial charge in [-0.25, -0.2) is 18.7 Å². The van der Waals surface area contributed by atoms with Gasteiger partial charge in [0.15, 0.2) is 5.82 Å². The van der Waals surface area contributed by atoms with E-state index in [0.29, 0.717) is 11.5 Å². The van der Waals surface area contributed by atoms with E-state index in [1.807, 2.05) is 0 Å². The summed E-state index contributed by atoms with van der Waals surface area (Å²) in [7, 11) is 0. The van der Waals surface area contributed by atoms with Gasteiger partial charge in [-0.15, -0.1) is 11.6 Å². The van der Waals surface area contributed by atoms with Crippen LogP contribution in [-0.2, 0) is 0 Å². The molecule has 1 unspecified atom stereocenters. The van der Waals surface area contributed by atoms with Crippen LogP contribution in [0.1, 0.15) is 36.0 Å². The van der Waals surface area contributed by atoms with Crippen molar-refractivity contribution < 1.29 is 8.78 Å². The second kappa shape index (κ2) is 4.18. The summed E-state index contributed by atoms with van der Waals surface area (Å²) in [5, 5.41) is -0.226. The summed E-state index contributed by atoms with van der Waals surface area (Å²) in [5.74, 6) is -0.173. The first-order chi connectivity index (χ1) is 7.09. The molecule has 1 aliphatic carbocycles. The first-order valence-electron chi connectivity index (χ1n) is 4.54. The van der Waals surface area contributed by atoms with Gasteiger partial charge < -0.3 is 0 Å². The maximum Gasteiger partial charge on any atom is 0.297 e. The van der Waals surface area contributed by atoms with E-state index in [4.69, 9.17) is 23.2 Å². The zero-order valence-corrected chi connectivity index (χ0v) is 9.14. The van der Waals surface area contributed by atoms with E-state index >= 15 is 0 Å². The van der Waals surface area contributed by atoms with Crippen molar-refractivity contribution in [2.24, 2.45) is 5.92 Å². The second-order valence-corrected chi connectivity index (χ2v) is 4.34. The zero-order valence-electron chi connectivity index (χ0n) is 7.63. The standard InChI is InChI=1S/C9H8Cl2F2N2/c10-6(4-1-2-4)5-3-14-9(8(12)13)15-7(5)11/h3-4,6,8H,1-2H2. The van der Waals surface area contributed by atoms with Gasteiger partial charge in [-0.1, -0.05) is 11.6 Å². The fraction of sp³-hybridized carbons (Fsp3) is 0.556. The fourth-order valence-corrected chi connectivity index (χ4v) is 2.04. The predicted octanol–water partition coefficient (Wildman–Crippen LogP) is 3.76. The molecule has 2 nitrogen and oxygen atoms in total. The Morgan fingerprint density at radius 2 is 2.07 bits per heavy atom. The largest absolute Gasteiger partial charge is 0.297 e. The van der Waals surface area contributed by atoms with Crippen LogP contribution in [-0.4, -0.2) is 9.97 Å². The highest BCUT2D eigenvalue weighted by Crippen LogP contribution is 2.46. The first kappa shape index (κ1) is 11.0. The summed E-state index contributed by atoms with van der Waals surface area (Å²) in [6.07, 6.45) is 0.681. The summed E-state index contributed by atoms with van der Waals surface area (Å²) < 4.78 is 24.5. The van der Waals surface area contributed by atoms with E-state index in [0.717, 1.165) is 12.8 Å². The Morgan fingerprint density at radius 1 is 1.40 bits per heavy atom. The van der Waals surface area contributed by atoms with Crippen molar-refractivity contribution in [2.75, 3.05) is 0 Å². The Hall–Kier alpha value is -0.480. The van der Waals surface area contributed by atoms with Gasteiger partial charge in [0.1, 0.15) is 5.15 Å². The summed E-state index contributed by atoms with van der Waals surface area (Å²) in [6.45, 7) is 0. The van der Waals surface area contributed by atoms with E-state index < -0.39 is 12.2 Å². The molecule has 1 fully saturated rings. The lowest BCUT2D eigenvalue weighted by molar-refractivity contribution is 0.140. The Balaban J connectivity index is 2.25. The highest BCUT2D eigenvalue weighted by atomic mass is 35.5. The topological polar surface area (TPSA) is 25.8 Å². The van der Waals surface area contributed by atoms with Crippen LogP contribution in [0.2, 0.25) is 5.15 Å². The summed E-state index contributed by atoms with van der Waals surface area (Å²) >= 11 is 11.9. The lowest BCUT2D eigenvalue weighted by Gasteiger charge is -2.09. The van der Waals surface area contributed by atoms with Gasteiger partial charge in [-0.2, -0.15) is 0 Å². The number of aromatic nitrogens is 2. The van der Waals surface area contributed by atoms with Crippen molar-refractivity contribution in [2.45, 2.75) is 24.6 Å². The van der Waals surface area contributed by atoms with Gasteiger partial charge in [0.2, 0.25) is 0 Å². The lowest BCUT2D eigenvalue weighted by atomic mass is 10.1. The van der Waals surface area contributed by atoms with Gasteiger partial charge in [0, 0.05) is 11.8 Å². The van der Waals surface area contributed by atoms with Crippen LogP contribution in [0.3, 0.4) is 0 Å². The second-order valence-electron chi connectivity index (χ2n) is 3.51. The Kier molecular flexibility index (Phi) is 3.07. The predicted molar refractivity (Wildman–Crippen MR) is 53.3 cm³/mol. The molecule has 82 valence electrons. The van der Waals surface area contributed by atoms with E-state index in [1.54, 1.807) is 0 Å². The lowest BCUT2D eigenvalue weighted by Crippen LogP contribution is -2.02. The Bertz CT molecular complexity index is 369. The zero-order chi connectivity index (χ0) is 11.0. The summed E-state index contributed by atoms with van der Waals surface area (Å²) in [6, 6.07) is 0. The average molecular weight is 253 g/mol. The summed E-state index contributed by atoms with van der Waals surface area (Å²) in [4.78, 5) is 7.06. The third-order valence-electron chi connectivity index (χ3n) is 2.31. The molecular formula is C9H8Cl2F2N2. The number of rotatable bonds is 3. The molecule has 1 aromatic rings. The van der Waals surface area contributed by atoms with Crippen LogP contribution in [0.5, 0.6) is 0 Å². The maximum atomic E-state index is 12.2. The summed E-state index contributed by atoms with van der Waals surface area (Å²) in [5.41, 5.74) is 0.547. The number of nitrogens with zero attached hydrogens (tertiary/aromatic N) is 2. The first-order valence-corrected chi connectivity index (χ1v) is 5.35. The van der Waals surface area contributed by atoms with Crippen molar-refractivity contribution in [1.82, 2.24) is 9.97 Å². The highest BCUT2D eigenvalue weighted by molar-refractivity contribution is 6.31. The van der Waals surface area contributed by atoms with E-state index in [9.17, 15) is 8.78 Å². The molecule has 0 N–H and O–H groups in total. The van der Waals surface area contributed by atoms with Gasteiger partial charge in [-0.3, -0.25) is 0 Å². The third kappa shape index (κ3) is 2.37. The van der Waals surface area contributed by atoms with Crippen LogP contribution in [0, 0.1) is 5.92 Å². The van der Waals surface area contributed by atoms with Crippen LogP contribution < -0.4 is 0 Å². The Morgan fingerprint density at radius 3 is 2.53 bits per heavy atom. The molecule has 0 radical (unpaired) electrons. The molecule has 1 atom stereocenters. The van der Waals surface area contributed by atoms with Crippen LogP contribution in [0.4, 0.5) is 8.78 Å². The molecule has 1 aromatic heterocycles. The molecule has 0 saturated heterocycles. The molecule has 0 aromatic carbocycles. The number of halogens is 4. The van der Waals surface area contributed by atoms with Crippen molar-refractivity contribution in [3.63, 3.8) is 0 Å². The molecule has 0 amide bonds. The molecule has 0 aliphatic heterocycles. The molecule has 1 heterocycles. The molecule has 6 heteroatoms. The monoisotopic (exact) mass is 252 g/mol. The molecule has 2 rings (SSSR count). The number of alkyl halides is 3. The maximum absolute atomic E-state index is 12.2. The number of hydrogen-bond donors (Lipinski definition) is 0. The van der Waals surface area contributed by atoms with Crippen molar-refractivity contribution >= 4 is 23.2 Å². The minimum atomic E-state index is -2.70. The normalized spacial score (nSPS) is 18.2. The van der Waals surface area contributed by atoms with Crippen LogP contribution >= 0.6 is 23.2 Å². The van der Waals surface area contributed by atoms with E-state index in [1.165, 1.54) is 6.20 Å². The fourth-order valence-electron chi connectivity index (χ4n) is 1.32. The van der Waals surface area contributed by atoms with Gasteiger partial charge in [-0.05, 0) is 18.8 Å². The van der Waals surface area contributed by atoms with E-state index in [2.05, 4.69) is 9.97 Å². The van der Waals surface area contributed by atoms with Crippen molar-refractivity contribution in [3.05, 3.63) is 22.7 Å². The SMILES string of the molecule is FC(F)c1ncc(C(Cl)C2CC2)c(Cl)n1. The smallest absolute Gasteiger partial charge is 0.235 e. The molecule has 1 aliphatic rings. The molecule has 15 heavy (non-hydrogen) atoms. The third-order valence-corrected chi connectivity index (χ3v) is 3.21.